The molecule has 6 nitrogen and oxygen atoms in total. The molecule has 0 aromatic heterocycles. The Hall–Kier alpha value is -0.690. The van der Waals surface area contributed by atoms with Crippen LogP contribution in [0.15, 0.2) is 0 Å². The van der Waals surface area contributed by atoms with Gasteiger partial charge in [0.05, 0.1) is 12.1 Å². The van der Waals surface area contributed by atoms with Gasteiger partial charge in [-0.3, -0.25) is 9.69 Å². The number of ether oxygens (including phenoxy) is 1. The first-order valence-corrected chi connectivity index (χ1v) is 7.02. The van der Waals surface area contributed by atoms with Crippen LogP contribution >= 0.6 is 0 Å². The van der Waals surface area contributed by atoms with Gasteiger partial charge in [0.2, 0.25) is 0 Å². The molecule has 0 radical (unpaired) electrons. The third-order valence-corrected chi connectivity index (χ3v) is 4.04. The van der Waals surface area contributed by atoms with Crippen molar-refractivity contribution in [1.82, 2.24) is 4.90 Å². The largest absolute Gasteiger partial charge is 0.458 e. The monoisotopic (exact) mass is 273 g/mol. The number of carbonyl (C=O) groups excluding carboxylic acids is 1. The number of piperidine rings is 1. The zero-order valence-electron chi connectivity index (χ0n) is 11.2. The average Bonchev–Trinajstić information content (AvgIpc) is 2.74. The molecule has 0 saturated carbocycles. The van der Waals surface area contributed by atoms with Crippen molar-refractivity contribution in [3.8, 4) is 0 Å². The predicted molar refractivity (Wildman–Crippen MR) is 67.4 cm³/mol. The second-order valence-corrected chi connectivity index (χ2v) is 5.45. The van der Waals surface area contributed by atoms with E-state index in [1.165, 1.54) is 0 Å². The first-order valence-electron chi connectivity index (χ1n) is 7.02. The zero-order valence-corrected chi connectivity index (χ0v) is 11.2. The number of carbonyl (C=O) groups is 1. The van der Waals surface area contributed by atoms with Crippen LogP contribution in [0, 0.1) is 0 Å². The van der Waals surface area contributed by atoms with E-state index in [0.717, 1.165) is 12.8 Å². The molecule has 0 aromatic carbocycles. The summed E-state index contributed by atoms with van der Waals surface area (Å²) in [5.74, 6) is -0.337. The number of rotatable bonds is 4. The van der Waals surface area contributed by atoms with Gasteiger partial charge in [0, 0.05) is 19.5 Å². The van der Waals surface area contributed by atoms with Crippen LogP contribution in [0.5, 0.6) is 0 Å². The smallest absolute Gasteiger partial charge is 0.306 e. The third kappa shape index (κ3) is 3.08. The minimum absolute atomic E-state index is 0.335. The van der Waals surface area contributed by atoms with Crippen LogP contribution in [0.3, 0.4) is 0 Å². The molecule has 2 fully saturated rings. The fourth-order valence-electron chi connectivity index (χ4n) is 2.93. The van der Waals surface area contributed by atoms with E-state index in [2.05, 4.69) is 0 Å². The Labute approximate surface area is 113 Å². The normalized spacial score (nSPS) is 39.1. The average molecular weight is 273 g/mol. The lowest BCUT2D eigenvalue weighted by atomic mass is 9.93. The maximum absolute atomic E-state index is 11.6. The van der Waals surface area contributed by atoms with Crippen LogP contribution in [-0.2, 0) is 9.53 Å². The highest BCUT2D eigenvalue weighted by Gasteiger charge is 2.49. The number of nitrogens with zero attached hydrogens (tertiary/aromatic N) is 1. The van der Waals surface area contributed by atoms with Gasteiger partial charge in [-0.15, -0.1) is 0 Å². The van der Waals surface area contributed by atoms with E-state index < -0.39 is 30.5 Å². The Morgan fingerprint density at radius 1 is 1.32 bits per heavy atom. The summed E-state index contributed by atoms with van der Waals surface area (Å²) in [6.45, 7) is 3.01. The van der Waals surface area contributed by atoms with E-state index in [1.807, 2.05) is 11.8 Å². The molecule has 2 heterocycles. The molecule has 2 rings (SSSR count). The van der Waals surface area contributed by atoms with Crippen LogP contribution < -0.4 is 0 Å². The minimum Gasteiger partial charge on any atom is -0.458 e. The van der Waals surface area contributed by atoms with Crippen LogP contribution in [-0.4, -0.2) is 69.7 Å². The molecule has 0 aliphatic carbocycles. The number of unbranched alkanes of at least 4 members (excludes halogenated alkanes) is 1. The van der Waals surface area contributed by atoms with Crippen molar-refractivity contribution in [1.29, 1.82) is 0 Å². The van der Waals surface area contributed by atoms with E-state index in [9.17, 15) is 20.1 Å². The SMILES string of the molecule is CCCCC(=O)O[C@H]1CN2CC[C@H](O)[C@@H]2[C@@H](O)[C@@H]1O. The number of hydrogen-bond donors (Lipinski definition) is 3. The summed E-state index contributed by atoms with van der Waals surface area (Å²) in [5.41, 5.74) is 0. The first kappa shape index (κ1) is 14.7. The van der Waals surface area contributed by atoms with Crippen LogP contribution in [0.25, 0.3) is 0 Å². The molecule has 2 aliphatic heterocycles. The molecular weight excluding hydrogens is 250 g/mol. The van der Waals surface area contributed by atoms with Gasteiger partial charge in [-0.1, -0.05) is 13.3 Å². The molecule has 19 heavy (non-hydrogen) atoms. The van der Waals surface area contributed by atoms with Crippen molar-refractivity contribution >= 4 is 5.97 Å². The van der Waals surface area contributed by atoms with Gasteiger partial charge in [0.1, 0.15) is 18.3 Å². The highest BCUT2D eigenvalue weighted by molar-refractivity contribution is 5.69. The lowest BCUT2D eigenvalue weighted by Gasteiger charge is -2.42. The molecule has 5 atom stereocenters. The molecule has 3 N–H and O–H groups in total. The van der Waals surface area contributed by atoms with E-state index in [-0.39, 0.29) is 5.97 Å². The van der Waals surface area contributed by atoms with Gasteiger partial charge in [-0.2, -0.15) is 0 Å². The van der Waals surface area contributed by atoms with Gasteiger partial charge in [-0.05, 0) is 12.8 Å². The van der Waals surface area contributed by atoms with Crippen molar-refractivity contribution in [3.63, 3.8) is 0 Å². The molecule has 0 unspecified atom stereocenters. The molecular formula is C13H23NO5. The molecule has 0 aromatic rings. The van der Waals surface area contributed by atoms with Gasteiger partial charge >= 0.3 is 5.97 Å². The second-order valence-electron chi connectivity index (χ2n) is 5.45. The molecule has 0 spiro atoms. The lowest BCUT2D eigenvalue weighted by Crippen LogP contribution is -2.62. The van der Waals surface area contributed by atoms with Crippen molar-refractivity contribution in [2.45, 2.75) is 63.1 Å². The molecule has 0 amide bonds. The van der Waals surface area contributed by atoms with Gasteiger partial charge in [0.15, 0.2) is 0 Å². The number of aliphatic hydroxyl groups is 3. The lowest BCUT2D eigenvalue weighted by molar-refractivity contribution is -0.179. The second kappa shape index (κ2) is 6.17. The Morgan fingerprint density at radius 2 is 2.05 bits per heavy atom. The number of esters is 1. The van der Waals surface area contributed by atoms with E-state index >= 15 is 0 Å². The minimum atomic E-state index is -1.13. The van der Waals surface area contributed by atoms with Gasteiger partial charge in [0.25, 0.3) is 0 Å². The highest BCUT2D eigenvalue weighted by atomic mass is 16.6. The van der Waals surface area contributed by atoms with E-state index in [1.54, 1.807) is 0 Å². The number of aliphatic hydroxyl groups excluding tert-OH is 3. The summed E-state index contributed by atoms with van der Waals surface area (Å²) in [4.78, 5) is 13.5. The number of hydrogen-bond acceptors (Lipinski definition) is 6. The summed E-state index contributed by atoms with van der Waals surface area (Å²) >= 11 is 0. The molecule has 2 saturated heterocycles. The molecule has 0 bridgehead atoms. The van der Waals surface area contributed by atoms with Crippen LogP contribution in [0.4, 0.5) is 0 Å². The maximum Gasteiger partial charge on any atom is 0.306 e. The molecule has 6 heteroatoms. The Balaban J connectivity index is 1.94. The summed E-state index contributed by atoms with van der Waals surface area (Å²) < 4.78 is 5.25. The zero-order chi connectivity index (χ0) is 14.0. The van der Waals surface area contributed by atoms with Gasteiger partial charge in [-0.25, -0.2) is 0 Å². The van der Waals surface area contributed by atoms with Crippen LogP contribution in [0.2, 0.25) is 0 Å². The van der Waals surface area contributed by atoms with Crippen molar-refractivity contribution < 1.29 is 24.9 Å². The van der Waals surface area contributed by atoms with Crippen molar-refractivity contribution in [2.75, 3.05) is 13.1 Å². The summed E-state index contributed by atoms with van der Waals surface area (Å²) in [5, 5.41) is 29.8. The standard InChI is InChI=1S/C13H23NO5/c1-2-3-4-10(16)19-9-7-14-6-5-8(15)11(14)13(18)12(9)17/h8-9,11-13,15,17-18H,2-7H2,1H3/t8-,9-,11+,12+,13+/m0/s1. The Kier molecular flexibility index (Phi) is 4.78. The van der Waals surface area contributed by atoms with Crippen molar-refractivity contribution in [3.05, 3.63) is 0 Å². The third-order valence-electron chi connectivity index (χ3n) is 4.04. The Bertz CT molecular complexity index is 324. The molecule has 110 valence electrons. The van der Waals surface area contributed by atoms with E-state index in [4.69, 9.17) is 4.74 Å². The maximum atomic E-state index is 11.6. The van der Waals surface area contributed by atoms with E-state index in [0.29, 0.717) is 25.9 Å². The first-order chi connectivity index (χ1) is 9.04. The highest BCUT2D eigenvalue weighted by Crippen LogP contribution is 2.29. The summed E-state index contributed by atoms with van der Waals surface area (Å²) in [7, 11) is 0. The fourth-order valence-corrected chi connectivity index (χ4v) is 2.93. The quantitative estimate of drug-likeness (QED) is 0.585. The number of fused-ring (bicyclic) bond motifs is 1. The Morgan fingerprint density at radius 3 is 2.74 bits per heavy atom. The van der Waals surface area contributed by atoms with Crippen LogP contribution in [0.1, 0.15) is 32.6 Å². The van der Waals surface area contributed by atoms with Gasteiger partial charge < -0.3 is 20.1 Å². The summed E-state index contributed by atoms with van der Waals surface area (Å²) in [6.07, 6.45) is -0.954. The fraction of sp³-hybridized carbons (Fsp3) is 0.923. The van der Waals surface area contributed by atoms with Crippen molar-refractivity contribution in [2.24, 2.45) is 0 Å². The summed E-state index contributed by atoms with van der Waals surface area (Å²) in [6, 6.07) is -0.444. The predicted octanol–water partition coefficient (Wildman–Crippen LogP) is -0.741. The topological polar surface area (TPSA) is 90.2 Å². The molecule has 2 aliphatic rings.